The molecule has 3 rings (SSSR count). The number of nitrogens with one attached hydrogen (secondary N) is 1. The number of halogens is 3. The van der Waals surface area contributed by atoms with Crippen molar-refractivity contribution in [2.24, 2.45) is 0 Å². The molecule has 8 heteroatoms. The van der Waals surface area contributed by atoms with Crippen molar-refractivity contribution in [1.29, 1.82) is 0 Å². The van der Waals surface area contributed by atoms with Crippen LogP contribution < -0.4 is 5.32 Å². The number of fused-ring (bicyclic) bond motifs is 1. The number of hydrogen-bond acceptors (Lipinski definition) is 3. The van der Waals surface area contributed by atoms with Gasteiger partial charge >= 0.3 is 6.03 Å². The molecule has 2 heterocycles. The number of aromatic nitrogens is 1. The summed E-state index contributed by atoms with van der Waals surface area (Å²) in [6.07, 6.45) is 3.27. The zero-order chi connectivity index (χ0) is 20.4. The van der Waals surface area contributed by atoms with Crippen molar-refractivity contribution < 1.29 is 4.79 Å². The topological polar surface area (TPSA) is 48.5 Å². The molecular weight excluding hydrogens is 419 g/mol. The van der Waals surface area contributed by atoms with Gasteiger partial charge in [-0.25, -0.2) is 4.79 Å². The fourth-order valence-electron chi connectivity index (χ4n) is 3.78. The van der Waals surface area contributed by atoms with E-state index in [4.69, 9.17) is 34.8 Å². The lowest BCUT2D eigenvalue weighted by Gasteiger charge is -2.51. The second-order valence-electron chi connectivity index (χ2n) is 6.60. The number of carbonyl (C=O) groups excluding carboxylic acids is 1. The Morgan fingerprint density at radius 1 is 1.14 bits per heavy atom. The third-order valence-corrected chi connectivity index (χ3v) is 6.06. The lowest BCUT2D eigenvalue weighted by molar-refractivity contribution is 0.130. The molecule has 5 nitrogen and oxygen atoms in total. The predicted molar refractivity (Wildman–Crippen MR) is 115 cm³/mol. The highest BCUT2D eigenvalue weighted by Gasteiger charge is 2.60. The van der Waals surface area contributed by atoms with Gasteiger partial charge in [-0.15, -0.1) is 0 Å². The molecule has 0 saturated heterocycles. The van der Waals surface area contributed by atoms with Crippen LogP contribution in [0.2, 0.25) is 0 Å². The van der Waals surface area contributed by atoms with E-state index in [1.54, 1.807) is 23.4 Å². The van der Waals surface area contributed by atoms with Crippen LogP contribution in [-0.2, 0) is 5.54 Å². The monoisotopic (exact) mass is 440 g/mol. The van der Waals surface area contributed by atoms with Gasteiger partial charge < -0.3 is 15.1 Å². The largest absolute Gasteiger partial charge is 0.323 e. The van der Waals surface area contributed by atoms with Crippen molar-refractivity contribution in [1.82, 2.24) is 14.8 Å². The Balaban J connectivity index is 2.23. The average Bonchev–Trinajstić information content (AvgIpc) is 2.68. The van der Waals surface area contributed by atoms with Gasteiger partial charge in [0.1, 0.15) is 5.54 Å². The average molecular weight is 442 g/mol. The summed E-state index contributed by atoms with van der Waals surface area (Å²) in [5.41, 5.74) is 0.658. The van der Waals surface area contributed by atoms with E-state index in [-0.39, 0.29) is 6.03 Å². The van der Waals surface area contributed by atoms with E-state index in [0.717, 1.165) is 18.7 Å². The fourth-order valence-corrected chi connectivity index (χ4v) is 4.72. The molecule has 2 amide bonds. The summed E-state index contributed by atoms with van der Waals surface area (Å²) in [5.74, 6) is 0. The number of pyridine rings is 1. The number of nitrogens with zero attached hydrogens (tertiary/aromatic N) is 3. The molecule has 0 spiro atoms. The Kier molecular flexibility index (Phi) is 6.40. The highest BCUT2D eigenvalue weighted by atomic mass is 35.6. The number of rotatable bonds is 6. The van der Waals surface area contributed by atoms with Gasteiger partial charge in [0.2, 0.25) is 3.79 Å². The standard InChI is InChI=1S/C20H23Cl3N4O/c1-3-26(4-2)12-13-27-18(28)25-17-10-11-24-14-16(17)19(27,20(21,22)23)15-8-6-5-7-9-15/h5-11,14H,3-4,12-13H2,1-2H3,(H,25,28). The van der Waals surface area contributed by atoms with Gasteiger partial charge in [0.25, 0.3) is 0 Å². The first-order valence-corrected chi connectivity index (χ1v) is 10.4. The number of likely N-dealkylation sites (N-methyl/N-ethyl adjacent to an activating group) is 1. The Labute approximate surface area is 180 Å². The molecule has 2 aromatic rings. The van der Waals surface area contributed by atoms with E-state index < -0.39 is 9.33 Å². The third kappa shape index (κ3) is 3.57. The van der Waals surface area contributed by atoms with Crippen LogP contribution in [0.15, 0.2) is 48.8 Å². The number of carbonyl (C=O) groups is 1. The minimum absolute atomic E-state index is 0.305. The molecule has 1 aromatic heterocycles. The van der Waals surface area contributed by atoms with Crippen molar-refractivity contribution in [3.8, 4) is 0 Å². The predicted octanol–water partition coefficient (Wildman–Crippen LogP) is 4.88. The maximum Gasteiger partial charge on any atom is 0.323 e. The van der Waals surface area contributed by atoms with Gasteiger partial charge in [0, 0.05) is 31.0 Å². The van der Waals surface area contributed by atoms with E-state index >= 15 is 0 Å². The minimum Gasteiger partial charge on any atom is -0.307 e. The first kappa shape index (κ1) is 21.2. The Bertz CT molecular complexity index is 824. The molecule has 1 unspecified atom stereocenters. The van der Waals surface area contributed by atoms with Crippen LogP contribution in [0.1, 0.15) is 25.0 Å². The van der Waals surface area contributed by atoms with Crippen LogP contribution in [0, 0.1) is 0 Å². The van der Waals surface area contributed by atoms with Crippen molar-refractivity contribution in [3.63, 3.8) is 0 Å². The summed E-state index contributed by atoms with van der Waals surface area (Å²) in [5, 5.41) is 2.92. The lowest BCUT2D eigenvalue weighted by atomic mass is 9.80. The zero-order valence-electron chi connectivity index (χ0n) is 15.8. The Morgan fingerprint density at radius 3 is 2.43 bits per heavy atom. The van der Waals surface area contributed by atoms with Crippen LogP contribution in [-0.4, -0.2) is 50.8 Å². The maximum absolute atomic E-state index is 13.2. The van der Waals surface area contributed by atoms with Crippen molar-refractivity contribution in [3.05, 3.63) is 59.9 Å². The lowest BCUT2D eigenvalue weighted by Crippen LogP contribution is -2.63. The van der Waals surface area contributed by atoms with Crippen LogP contribution in [0.3, 0.4) is 0 Å². The number of hydrogen-bond donors (Lipinski definition) is 1. The highest BCUT2D eigenvalue weighted by Crippen LogP contribution is 2.56. The Hall–Kier alpha value is -1.53. The number of alkyl halides is 3. The Morgan fingerprint density at radius 2 is 1.82 bits per heavy atom. The van der Waals surface area contributed by atoms with E-state index in [0.29, 0.717) is 24.3 Å². The van der Waals surface area contributed by atoms with E-state index in [1.807, 2.05) is 30.3 Å². The van der Waals surface area contributed by atoms with E-state index in [1.165, 1.54) is 0 Å². The molecule has 0 bridgehead atoms. The second-order valence-corrected chi connectivity index (χ2v) is 8.89. The molecule has 0 saturated carbocycles. The third-order valence-electron chi connectivity index (χ3n) is 5.24. The molecule has 0 radical (unpaired) electrons. The van der Waals surface area contributed by atoms with Gasteiger partial charge in [0.05, 0.1) is 5.69 Å². The molecule has 150 valence electrons. The summed E-state index contributed by atoms with van der Waals surface area (Å²) >= 11 is 19.9. The van der Waals surface area contributed by atoms with Gasteiger partial charge in [-0.1, -0.05) is 79.0 Å². The zero-order valence-corrected chi connectivity index (χ0v) is 18.1. The molecule has 1 N–H and O–H groups in total. The summed E-state index contributed by atoms with van der Waals surface area (Å²) in [7, 11) is 0. The van der Waals surface area contributed by atoms with Gasteiger partial charge in [-0.05, 0) is 24.7 Å². The van der Waals surface area contributed by atoms with Crippen molar-refractivity contribution in [2.45, 2.75) is 23.2 Å². The van der Waals surface area contributed by atoms with Gasteiger partial charge in [0.15, 0.2) is 0 Å². The van der Waals surface area contributed by atoms with Crippen LogP contribution in [0.25, 0.3) is 0 Å². The molecule has 0 aliphatic carbocycles. The van der Waals surface area contributed by atoms with Gasteiger partial charge in [-0.3, -0.25) is 4.98 Å². The molecule has 0 fully saturated rings. The molecule has 28 heavy (non-hydrogen) atoms. The van der Waals surface area contributed by atoms with Crippen LogP contribution in [0.5, 0.6) is 0 Å². The maximum atomic E-state index is 13.2. The summed E-state index contributed by atoms with van der Waals surface area (Å²) in [4.78, 5) is 21.3. The molecule has 1 aliphatic heterocycles. The van der Waals surface area contributed by atoms with Crippen molar-refractivity contribution >= 4 is 46.5 Å². The smallest absolute Gasteiger partial charge is 0.307 e. The van der Waals surface area contributed by atoms with E-state index in [2.05, 4.69) is 29.0 Å². The van der Waals surface area contributed by atoms with E-state index in [9.17, 15) is 4.79 Å². The summed E-state index contributed by atoms with van der Waals surface area (Å²) < 4.78 is -1.83. The first-order chi connectivity index (χ1) is 13.4. The normalized spacial score (nSPS) is 19.5. The summed E-state index contributed by atoms with van der Waals surface area (Å²) in [6, 6.07) is 10.8. The SMILES string of the molecule is CCN(CC)CCN1C(=O)Nc2ccncc2C1(c1ccccc1)C(Cl)(Cl)Cl. The molecule has 1 aromatic carbocycles. The van der Waals surface area contributed by atoms with Gasteiger partial charge in [-0.2, -0.15) is 0 Å². The quantitative estimate of drug-likeness (QED) is 0.650. The highest BCUT2D eigenvalue weighted by molar-refractivity contribution is 6.68. The van der Waals surface area contributed by atoms with Crippen LogP contribution >= 0.6 is 34.8 Å². The van der Waals surface area contributed by atoms with Crippen LogP contribution in [0.4, 0.5) is 10.5 Å². The fraction of sp³-hybridized carbons (Fsp3) is 0.400. The number of benzene rings is 1. The second kappa shape index (κ2) is 8.46. The number of anilines is 1. The minimum atomic E-state index is -1.83. The number of urea groups is 1. The molecule has 1 atom stereocenters. The first-order valence-electron chi connectivity index (χ1n) is 9.24. The molecular formula is C20H23Cl3N4O. The number of amides is 2. The summed E-state index contributed by atoms with van der Waals surface area (Å²) in [6.45, 7) is 6.96. The van der Waals surface area contributed by atoms with Crippen molar-refractivity contribution in [2.75, 3.05) is 31.5 Å². The molecule has 1 aliphatic rings.